The second-order valence-corrected chi connectivity index (χ2v) is 7.08. The lowest BCUT2D eigenvalue weighted by Gasteiger charge is -2.22. The average Bonchev–Trinajstić information content (AvgIpc) is 2.71. The summed E-state index contributed by atoms with van der Waals surface area (Å²) in [5.74, 6) is 0. The van der Waals surface area contributed by atoms with Gasteiger partial charge in [0.25, 0.3) is 0 Å². The number of aryl methyl sites for hydroxylation is 1. The molecule has 0 radical (unpaired) electrons. The summed E-state index contributed by atoms with van der Waals surface area (Å²) in [5, 5.41) is 25.8. The van der Waals surface area contributed by atoms with Crippen molar-refractivity contribution in [2.24, 2.45) is 0 Å². The number of likely N-dealkylation sites (N-methyl/N-ethyl adjacent to an activating group) is 1. The molecule has 0 bridgehead atoms. The van der Waals surface area contributed by atoms with Crippen molar-refractivity contribution < 1.29 is 17.2 Å². The van der Waals surface area contributed by atoms with Gasteiger partial charge in [0.15, 0.2) is 0 Å². The minimum Gasteiger partial charge on any atom is -0.397 e. The summed E-state index contributed by atoms with van der Waals surface area (Å²) < 4.78 is 33.6. The number of nitrogens with two attached hydrogens (primary N) is 1. The fraction of sp³-hybridized carbons (Fsp3) is 0.250. The van der Waals surface area contributed by atoms with Crippen LogP contribution in [0.2, 0.25) is 0 Å². The van der Waals surface area contributed by atoms with Crippen LogP contribution >= 0.6 is 0 Å². The number of nitrogens with zero attached hydrogens (tertiary/aromatic N) is 4. The maximum absolute atomic E-state index is 10.4. The van der Waals surface area contributed by atoms with Gasteiger partial charge in [0, 0.05) is 18.8 Å². The Labute approximate surface area is 176 Å². The van der Waals surface area contributed by atoms with Gasteiger partial charge in [-0.05, 0) is 43.7 Å². The van der Waals surface area contributed by atoms with Crippen molar-refractivity contribution in [3.05, 3.63) is 58.7 Å². The van der Waals surface area contributed by atoms with Crippen molar-refractivity contribution in [2.45, 2.75) is 13.8 Å². The molecule has 10 heteroatoms. The molecule has 0 atom stereocenters. The molecule has 0 saturated carbocycles. The number of rotatable bonds is 6. The van der Waals surface area contributed by atoms with E-state index in [-0.39, 0.29) is 29.0 Å². The fourth-order valence-electron chi connectivity index (χ4n) is 2.45. The Kier molecular flexibility index (Phi) is 9.28. The monoisotopic (exact) mass is 427 g/mol. The minimum atomic E-state index is -4.35. The van der Waals surface area contributed by atoms with Crippen molar-refractivity contribution in [3.8, 4) is 18.2 Å². The van der Waals surface area contributed by atoms with E-state index in [1.807, 2.05) is 61.2 Å². The van der Waals surface area contributed by atoms with Crippen molar-refractivity contribution >= 4 is 21.8 Å². The van der Waals surface area contributed by atoms with Crippen LogP contribution in [0.3, 0.4) is 0 Å². The molecule has 0 aromatic heterocycles. The SMILES string of the molecule is CCN(CCOS(=O)(=O)O)c1cccc(C)c1.N#Cc1cc(C#N)c(N)c(C#N)c1. The van der Waals surface area contributed by atoms with E-state index in [0.29, 0.717) is 6.54 Å². The molecule has 0 aliphatic carbocycles. The third-order valence-corrected chi connectivity index (χ3v) is 4.36. The maximum Gasteiger partial charge on any atom is 0.397 e. The molecule has 0 heterocycles. The number of nitrogen functional groups attached to an aromatic ring is 1. The minimum absolute atomic E-state index is 0.0688. The van der Waals surface area contributed by atoms with Gasteiger partial charge in [-0.1, -0.05) is 12.1 Å². The van der Waals surface area contributed by atoms with Gasteiger partial charge in [-0.3, -0.25) is 4.55 Å². The first-order chi connectivity index (χ1) is 14.1. The molecule has 30 heavy (non-hydrogen) atoms. The van der Waals surface area contributed by atoms with Crippen molar-refractivity contribution in [1.82, 2.24) is 0 Å². The summed E-state index contributed by atoms with van der Waals surface area (Å²) in [7, 11) is -4.35. The molecule has 0 saturated heterocycles. The van der Waals surface area contributed by atoms with E-state index < -0.39 is 10.4 Å². The molecule has 3 N–H and O–H groups in total. The van der Waals surface area contributed by atoms with Gasteiger partial charge >= 0.3 is 10.4 Å². The maximum atomic E-state index is 10.4. The zero-order chi connectivity index (χ0) is 22.7. The van der Waals surface area contributed by atoms with Gasteiger partial charge in [-0.2, -0.15) is 24.2 Å². The Bertz CT molecular complexity index is 1080. The summed E-state index contributed by atoms with van der Waals surface area (Å²) in [6.07, 6.45) is 0. The molecule has 2 aromatic rings. The van der Waals surface area contributed by atoms with Crippen LogP contribution in [0.4, 0.5) is 11.4 Å². The zero-order valence-electron chi connectivity index (χ0n) is 16.5. The smallest absolute Gasteiger partial charge is 0.397 e. The first-order valence-electron chi connectivity index (χ1n) is 8.72. The lowest BCUT2D eigenvalue weighted by molar-refractivity contribution is 0.274. The highest BCUT2D eigenvalue weighted by atomic mass is 32.3. The lowest BCUT2D eigenvalue weighted by Crippen LogP contribution is -2.27. The summed E-state index contributed by atoms with van der Waals surface area (Å²) in [6, 6.07) is 16.1. The second kappa shape index (κ2) is 11.4. The molecule has 0 aliphatic heterocycles. The summed E-state index contributed by atoms with van der Waals surface area (Å²) >= 11 is 0. The Hall–Kier alpha value is -3.62. The van der Waals surface area contributed by atoms with E-state index in [1.54, 1.807) is 0 Å². The van der Waals surface area contributed by atoms with E-state index in [2.05, 4.69) is 4.18 Å². The molecular formula is C20H21N5O4S. The first kappa shape index (κ1) is 24.4. The number of anilines is 2. The van der Waals surface area contributed by atoms with Gasteiger partial charge in [0.2, 0.25) is 0 Å². The molecule has 0 amide bonds. The lowest BCUT2D eigenvalue weighted by atomic mass is 10.1. The molecule has 0 unspecified atom stereocenters. The summed E-state index contributed by atoms with van der Waals surface area (Å²) in [6.45, 7) is 5.03. The standard InChI is InChI=1S/C11H17NO4S.C9H4N4/c1-3-12(7-8-16-17(13,14)15)11-6-4-5-10(2)9-11;10-3-6-1-7(4-11)9(13)8(2-6)5-12/h4-6,9H,3,7-8H2,1-2H3,(H,13,14,15);1-2H,13H2. The Morgan fingerprint density at radius 2 is 1.70 bits per heavy atom. The van der Waals surface area contributed by atoms with Gasteiger partial charge in [-0.15, -0.1) is 0 Å². The van der Waals surface area contributed by atoms with Crippen LogP contribution in [0.5, 0.6) is 0 Å². The van der Waals surface area contributed by atoms with Crippen molar-refractivity contribution in [1.29, 1.82) is 15.8 Å². The highest BCUT2D eigenvalue weighted by Gasteiger charge is 2.08. The molecule has 2 aromatic carbocycles. The number of hydrogen-bond donors (Lipinski definition) is 2. The van der Waals surface area contributed by atoms with Crippen molar-refractivity contribution in [3.63, 3.8) is 0 Å². The van der Waals surface area contributed by atoms with Crippen LogP contribution in [-0.2, 0) is 14.6 Å². The molecular weight excluding hydrogens is 406 g/mol. The number of benzene rings is 2. The zero-order valence-corrected chi connectivity index (χ0v) is 17.3. The largest absolute Gasteiger partial charge is 0.397 e. The van der Waals surface area contributed by atoms with Gasteiger partial charge < -0.3 is 10.6 Å². The van der Waals surface area contributed by atoms with Crippen LogP contribution in [0.1, 0.15) is 29.2 Å². The Morgan fingerprint density at radius 1 is 1.10 bits per heavy atom. The Morgan fingerprint density at radius 3 is 2.13 bits per heavy atom. The highest BCUT2D eigenvalue weighted by Crippen LogP contribution is 2.18. The fourth-order valence-corrected chi connectivity index (χ4v) is 2.74. The predicted octanol–water partition coefficient (Wildman–Crippen LogP) is 2.52. The van der Waals surface area contributed by atoms with Crippen LogP contribution in [-0.4, -0.2) is 32.7 Å². The quantitative estimate of drug-likeness (QED) is 0.520. The first-order valence-corrected chi connectivity index (χ1v) is 10.1. The predicted molar refractivity (Wildman–Crippen MR) is 112 cm³/mol. The third kappa shape index (κ3) is 7.78. The summed E-state index contributed by atoms with van der Waals surface area (Å²) in [4.78, 5) is 1.97. The number of hydrogen-bond acceptors (Lipinski definition) is 8. The third-order valence-electron chi connectivity index (χ3n) is 3.89. The summed E-state index contributed by atoms with van der Waals surface area (Å²) in [5.41, 5.74) is 8.34. The molecule has 9 nitrogen and oxygen atoms in total. The highest BCUT2D eigenvalue weighted by molar-refractivity contribution is 7.80. The average molecular weight is 427 g/mol. The van der Waals surface area contributed by atoms with E-state index in [9.17, 15) is 8.42 Å². The van der Waals surface area contributed by atoms with E-state index >= 15 is 0 Å². The second-order valence-electron chi connectivity index (χ2n) is 5.99. The van der Waals surface area contributed by atoms with Crippen LogP contribution < -0.4 is 10.6 Å². The molecule has 156 valence electrons. The van der Waals surface area contributed by atoms with E-state index in [1.165, 1.54) is 12.1 Å². The van der Waals surface area contributed by atoms with Crippen LogP contribution in [0, 0.1) is 40.9 Å². The van der Waals surface area contributed by atoms with Crippen molar-refractivity contribution in [2.75, 3.05) is 30.3 Å². The number of nitriles is 3. The topological polar surface area (TPSA) is 164 Å². The van der Waals surface area contributed by atoms with Gasteiger partial charge in [-0.25, -0.2) is 4.18 Å². The molecule has 2 rings (SSSR count). The molecule has 0 aliphatic rings. The Balaban J connectivity index is 0.000000311. The van der Waals surface area contributed by atoms with E-state index in [4.69, 9.17) is 26.1 Å². The van der Waals surface area contributed by atoms with Gasteiger partial charge in [0.1, 0.15) is 12.1 Å². The normalized spacial score (nSPS) is 10.0. The molecule has 0 spiro atoms. The van der Waals surface area contributed by atoms with Gasteiger partial charge in [0.05, 0.1) is 35.1 Å². The van der Waals surface area contributed by atoms with Crippen LogP contribution in [0.25, 0.3) is 0 Å². The van der Waals surface area contributed by atoms with Crippen LogP contribution in [0.15, 0.2) is 36.4 Å². The van der Waals surface area contributed by atoms with E-state index in [0.717, 1.165) is 17.8 Å². The molecule has 0 fully saturated rings.